The van der Waals surface area contributed by atoms with Crippen LogP contribution in [0.2, 0.25) is 0 Å². The fourth-order valence-corrected chi connectivity index (χ4v) is 8.64. The topological polar surface area (TPSA) is 85.4 Å². The van der Waals surface area contributed by atoms with Gasteiger partial charge in [0.25, 0.3) is 0 Å². The van der Waals surface area contributed by atoms with E-state index < -0.39 is 0 Å². The van der Waals surface area contributed by atoms with Crippen molar-refractivity contribution in [3.8, 4) is 11.5 Å². The second-order valence-corrected chi connectivity index (χ2v) is 14.4. The maximum Gasteiger partial charge on any atom is 0.234 e. The molecule has 0 aliphatic carbocycles. The Morgan fingerprint density at radius 3 is 2.26 bits per heavy atom. The summed E-state index contributed by atoms with van der Waals surface area (Å²) in [5, 5.41) is 12.6. The summed E-state index contributed by atoms with van der Waals surface area (Å²) in [6, 6.07) is 34.3. The lowest BCUT2D eigenvalue weighted by Gasteiger charge is -2.43. The number of carbonyl (C=O) groups excluding carboxylic acids is 2. The Hall–Kier alpha value is -4.66. The zero-order valence-corrected chi connectivity index (χ0v) is 28.5. The van der Waals surface area contributed by atoms with Crippen molar-refractivity contribution in [2.45, 2.75) is 56.0 Å². The Kier molecular flexibility index (Phi) is 9.30. The molecule has 2 amide bonds. The number of phenols is 1. The average molecular weight is 671 g/mol. The van der Waals surface area contributed by atoms with Crippen molar-refractivity contribution < 1.29 is 19.4 Å². The van der Waals surface area contributed by atoms with Gasteiger partial charge < -0.3 is 14.7 Å². The second-order valence-electron chi connectivity index (χ2n) is 14.4. The molecular formula is C42H46N4O4. The van der Waals surface area contributed by atoms with Gasteiger partial charge in [0.1, 0.15) is 11.5 Å². The SMILES string of the molecule is O=C1CCC(c2cccc(CN3CCN(C4CCN(c5ccc(C6c7ccc(O)cc7OCC6c6ccccc6)cc5)CC4)CC3)c2)C(=O)N1. The number of piperidine rings is 2. The molecule has 2 N–H and O–H groups in total. The number of aromatic hydroxyl groups is 1. The van der Waals surface area contributed by atoms with Crippen molar-refractivity contribution in [3.05, 3.63) is 125 Å². The van der Waals surface area contributed by atoms with Crippen LogP contribution < -0.4 is 15.0 Å². The van der Waals surface area contributed by atoms with Crippen LogP contribution in [0.4, 0.5) is 5.69 Å². The first kappa shape index (κ1) is 32.5. The molecule has 3 unspecified atom stereocenters. The number of ether oxygens (including phenoxy) is 1. The summed E-state index contributed by atoms with van der Waals surface area (Å²) in [4.78, 5) is 31.8. The third-order valence-corrected chi connectivity index (χ3v) is 11.4. The van der Waals surface area contributed by atoms with Gasteiger partial charge in [0.15, 0.2) is 0 Å². The number of hydrogen-bond donors (Lipinski definition) is 2. The number of amides is 2. The fourth-order valence-electron chi connectivity index (χ4n) is 8.64. The van der Waals surface area contributed by atoms with Crippen LogP contribution in [0.3, 0.4) is 0 Å². The second kappa shape index (κ2) is 14.3. The number of imide groups is 1. The molecule has 4 aromatic carbocycles. The lowest BCUT2D eigenvalue weighted by atomic mass is 9.76. The van der Waals surface area contributed by atoms with Gasteiger partial charge >= 0.3 is 0 Å². The Balaban J connectivity index is 0.859. The summed E-state index contributed by atoms with van der Waals surface area (Å²) in [6.07, 6.45) is 3.33. The number of fused-ring (bicyclic) bond motifs is 1. The van der Waals surface area contributed by atoms with Gasteiger partial charge in [-0.1, -0.05) is 72.8 Å². The summed E-state index contributed by atoms with van der Waals surface area (Å²) in [7, 11) is 0. The highest BCUT2D eigenvalue weighted by Gasteiger charge is 2.34. The van der Waals surface area contributed by atoms with Gasteiger partial charge in [0.2, 0.25) is 11.8 Å². The van der Waals surface area contributed by atoms with Crippen LogP contribution in [0.5, 0.6) is 11.5 Å². The van der Waals surface area contributed by atoms with Crippen LogP contribution in [0.25, 0.3) is 0 Å². The highest BCUT2D eigenvalue weighted by molar-refractivity contribution is 6.00. The largest absolute Gasteiger partial charge is 0.508 e. The van der Waals surface area contributed by atoms with E-state index in [1.165, 1.54) is 35.2 Å². The van der Waals surface area contributed by atoms with E-state index in [-0.39, 0.29) is 35.3 Å². The maximum absolute atomic E-state index is 12.4. The molecule has 4 heterocycles. The molecule has 8 rings (SSSR count). The number of hydrogen-bond acceptors (Lipinski definition) is 7. The molecule has 0 bridgehead atoms. The third-order valence-electron chi connectivity index (χ3n) is 11.4. The van der Waals surface area contributed by atoms with Crippen LogP contribution in [-0.4, -0.2) is 78.6 Å². The summed E-state index contributed by atoms with van der Waals surface area (Å²) in [6.45, 7) is 7.83. The number of anilines is 1. The van der Waals surface area contributed by atoms with E-state index in [0.29, 0.717) is 25.5 Å². The lowest BCUT2D eigenvalue weighted by molar-refractivity contribution is -0.134. The van der Waals surface area contributed by atoms with E-state index in [0.717, 1.165) is 62.7 Å². The minimum atomic E-state index is -0.235. The Labute approximate surface area is 294 Å². The summed E-state index contributed by atoms with van der Waals surface area (Å²) in [5.41, 5.74) is 7.19. The number of carbonyl (C=O) groups is 2. The minimum absolute atomic E-state index is 0.148. The molecule has 258 valence electrons. The van der Waals surface area contributed by atoms with Crippen molar-refractivity contribution >= 4 is 17.5 Å². The molecule has 3 fully saturated rings. The average Bonchev–Trinajstić information content (AvgIpc) is 3.15. The van der Waals surface area contributed by atoms with Crippen LogP contribution in [0.15, 0.2) is 97.1 Å². The first-order chi connectivity index (χ1) is 24.5. The molecule has 0 saturated carbocycles. The molecule has 4 aromatic rings. The van der Waals surface area contributed by atoms with Crippen LogP contribution in [0.1, 0.15) is 71.3 Å². The molecule has 0 radical (unpaired) electrons. The molecule has 8 heteroatoms. The number of rotatable bonds is 7. The summed E-state index contributed by atoms with van der Waals surface area (Å²) >= 11 is 0. The Morgan fingerprint density at radius 1 is 0.740 bits per heavy atom. The molecular weight excluding hydrogens is 624 g/mol. The van der Waals surface area contributed by atoms with E-state index >= 15 is 0 Å². The van der Waals surface area contributed by atoms with Gasteiger partial charge in [0, 0.05) is 87.4 Å². The number of nitrogens with one attached hydrogen (secondary N) is 1. The van der Waals surface area contributed by atoms with Gasteiger partial charge in [-0.25, -0.2) is 0 Å². The molecule has 8 nitrogen and oxygen atoms in total. The Morgan fingerprint density at radius 2 is 1.50 bits per heavy atom. The zero-order valence-electron chi connectivity index (χ0n) is 28.5. The fraction of sp³-hybridized carbons (Fsp3) is 0.381. The standard InChI is InChI=1S/C42H46N4O4/c47-35-13-14-37-39(26-35)50-28-38(30-6-2-1-3-7-30)41(37)31-9-11-33(12-10-31)45-19-17-34(18-20-45)46-23-21-44(22-24-46)27-29-5-4-8-32(25-29)36-15-16-40(48)43-42(36)49/h1-14,25-26,34,36,38,41,47H,15-24,27-28H2,(H,43,48,49). The summed E-state index contributed by atoms with van der Waals surface area (Å²) < 4.78 is 6.17. The molecule has 3 saturated heterocycles. The molecule has 50 heavy (non-hydrogen) atoms. The van der Waals surface area contributed by atoms with Crippen molar-refractivity contribution in [2.75, 3.05) is 50.8 Å². The van der Waals surface area contributed by atoms with E-state index in [9.17, 15) is 14.7 Å². The van der Waals surface area contributed by atoms with E-state index in [1.54, 1.807) is 12.1 Å². The smallest absolute Gasteiger partial charge is 0.234 e. The predicted octanol–water partition coefficient (Wildman–Crippen LogP) is 6.01. The third kappa shape index (κ3) is 6.87. The molecule has 0 aromatic heterocycles. The first-order valence-corrected chi connectivity index (χ1v) is 18.2. The van der Waals surface area contributed by atoms with E-state index in [2.05, 4.69) is 86.7 Å². The molecule has 4 aliphatic rings. The summed E-state index contributed by atoms with van der Waals surface area (Å²) in [5.74, 6) is 0.770. The van der Waals surface area contributed by atoms with Crippen molar-refractivity contribution in [2.24, 2.45) is 0 Å². The highest BCUT2D eigenvalue weighted by atomic mass is 16.5. The number of nitrogens with zero attached hydrogens (tertiary/aromatic N) is 3. The van der Waals surface area contributed by atoms with Crippen LogP contribution in [-0.2, 0) is 16.1 Å². The zero-order chi connectivity index (χ0) is 34.0. The van der Waals surface area contributed by atoms with Crippen molar-refractivity contribution in [3.63, 3.8) is 0 Å². The lowest BCUT2D eigenvalue weighted by Crippen LogP contribution is -2.53. The quantitative estimate of drug-likeness (QED) is 0.233. The van der Waals surface area contributed by atoms with Gasteiger partial charge in [-0.3, -0.25) is 24.7 Å². The maximum atomic E-state index is 12.4. The normalized spacial score (nSPS) is 23.6. The van der Waals surface area contributed by atoms with E-state index in [1.807, 2.05) is 18.2 Å². The van der Waals surface area contributed by atoms with Gasteiger partial charge in [-0.2, -0.15) is 0 Å². The first-order valence-electron chi connectivity index (χ1n) is 18.2. The van der Waals surface area contributed by atoms with Crippen molar-refractivity contribution in [1.82, 2.24) is 15.1 Å². The molecule has 0 spiro atoms. The molecule has 3 atom stereocenters. The van der Waals surface area contributed by atoms with Crippen LogP contribution >= 0.6 is 0 Å². The molecule has 4 aliphatic heterocycles. The van der Waals surface area contributed by atoms with E-state index in [4.69, 9.17) is 4.74 Å². The van der Waals surface area contributed by atoms with Gasteiger partial charge in [-0.05, 0) is 59.7 Å². The van der Waals surface area contributed by atoms with Gasteiger partial charge in [-0.15, -0.1) is 0 Å². The number of phenolic OH excluding ortho intramolecular Hbond substituents is 1. The monoisotopic (exact) mass is 670 g/mol. The number of piperazine rings is 1. The Bertz CT molecular complexity index is 1810. The predicted molar refractivity (Wildman–Crippen MR) is 195 cm³/mol. The van der Waals surface area contributed by atoms with Gasteiger partial charge in [0.05, 0.1) is 12.5 Å². The minimum Gasteiger partial charge on any atom is -0.508 e. The van der Waals surface area contributed by atoms with Crippen molar-refractivity contribution in [1.29, 1.82) is 0 Å². The van der Waals surface area contributed by atoms with Crippen LogP contribution in [0, 0.1) is 0 Å². The number of benzene rings is 4. The highest BCUT2D eigenvalue weighted by Crippen LogP contribution is 2.47.